The highest BCUT2D eigenvalue weighted by Crippen LogP contribution is 2.03. The molecular weight excluding hydrogens is 176 g/mol. The highest BCUT2D eigenvalue weighted by atomic mass is 15.3. The van der Waals surface area contributed by atoms with Crippen molar-refractivity contribution in [1.82, 2.24) is 14.8 Å². The number of aromatic nitrogens is 3. The second kappa shape index (κ2) is 5.75. The molecule has 0 aliphatic heterocycles. The summed E-state index contributed by atoms with van der Waals surface area (Å²) >= 11 is 0. The average molecular weight is 196 g/mol. The zero-order valence-corrected chi connectivity index (χ0v) is 9.16. The third kappa shape index (κ3) is 3.46. The van der Waals surface area contributed by atoms with Gasteiger partial charge in [0.15, 0.2) is 0 Å². The normalized spacial score (nSPS) is 10.8. The molecule has 2 N–H and O–H groups in total. The van der Waals surface area contributed by atoms with Crippen LogP contribution in [0.1, 0.15) is 37.3 Å². The summed E-state index contributed by atoms with van der Waals surface area (Å²) in [5.41, 5.74) is 5.42. The Balaban J connectivity index is 2.21. The number of hydrogen-bond acceptors (Lipinski definition) is 3. The maximum atomic E-state index is 5.42. The first-order chi connectivity index (χ1) is 6.74. The highest BCUT2D eigenvalue weighted by molar-refractivity contribution is 4.87. The van der Waals surface area contributed by atoms with Crippen molar-refractivity contribution in [1.29, 1.82) is 0 Å². The summed E-state index contributed by atoms with van der Waals surface area (Å²) in [6, 6.07) is 0. The maximum absolute atomic E-state index is 5.42. The Labute approximate surface area is 85.5 Å². The van der Waals surface area contributed by atoms with E-state index in [1.54, 1.807) is 0 Å². The van der Waals surface area contributed by atoms with E-state index in [0.29, 0.717) is 0 Å². The summed E-state index contributed by atoms with van der Waals surface area (Å²) < 4.78 is 1.98. The average Bonchev–Trinajstić information content (AvgIpc) is 2.45. The van der Waals surface area contributed by atoms with Gasteiger partial charge >= 0.3 is 0 Å². The lowest BCUT2D eigenvalue weighted by molar-refractivity contribution is 0.524. The van der Waals surface area contributed by atoms with E-state index >= 15 is 0 Å². The summed E-state index contributed by atoms with van der Waals surface area (Å²) in [4.78, 5) is 4.26. The number of aryl methyl sites for hydroxylation is 3. The second-order valence-corrected chi connectivity index (χ2v) is 3.63. The Kier molecular flexibility index (Phi) is 4.59. The molecule has 1 aromatic heterocycles. The molecule has 0 amide bonds. The molecule has 0 unspecified atom stereocenters. The second-order valence-electron chi connectivity index (χ2n) is 3.63. The molecule has 1 aromatic rings. The van der Waals surface area contributed by atoms with Gasteiger partial charge in [-0.2, -0.15) is 5.10 Å². The number of unbranched alkanes of at least 4 members (excludes halogenated alkanes) is 3. The predicted molar refractivity (Wildman–Crippen MR) is 57.0 cm³/mol. The van der Waals surface area contributed by atoms with Crippen LogP contribution < -0.4 is 5.73 Å². The number of rotatable bonds is 6. The zero-order chi connectivity index (χ0) is 10.4. The van der Waals surface area contributed by atoms with Crippen molar-refractivity contribution in [3.05, 3.63) is 11.6 Å². The van der Waals surface area contributed by atoms with Crippen LogP contribution in [0, 0.1) is 13.8 Å². The Bertz CT molecular complexity index is 267. The molecule has 0 spiro atoms. The van der Waals surface area contributed by atoms with Crippen LogP contribution in [0.4, 0.5) is 0 Å². The van der Waals surface area contributed by atoms with Gasteiger partial charge in [0.2, 0.25) is 0 Å². The van der Waals surface area contributed by atoms with Crippen molar-refractivity contribution in [2.45, 2.75) is 46.1 Å². The molecule has 4 nitrogen and oxygen atoms in total. The van der Waals surface area contributed by atoms with E-state index in [-0.39, 0.29) is 0 Å². The number of nitrogens with zero attached hydrogens (tertiary/aromatic N) is 3. The first kappa shape index (κ1) is 11.2. The zero-order valence-electron chi connectivity index (χ0n) is 9.16. The Morgan fingerprint density at radius 3 is 2.43 bits per heavy atom. The summed E-state index contributed by atoms with van der Waals surface area (Å²) in [5, 5.41) is 4.31. The number of nitrogens with two attached hydrogens (primary N) is 1. The minimum absolute atomic E-state index is 0.807. The van der Waals surface area contributed by atoms with Crippen LogP contribution in [0.2, 0.25) is 0 Å². The Morgan fingerprint density at radius 1 is 1.14 bits per heavy atom. The van der Waals surface area contributed by atoms with E-state index in [9.17, 15) is 0 Å². The monoisotopic (exact) mass is 196 g/mol. The molecular formula is C10H20N4. The largest absolute Gasteiger partial charge is 0.330 e. The third-order valence-electron chi connectivity index (χ3n) is 2.29. The minimum atomic E-state index is 0.807. The molecule has 0 bridgehead atoms. The molecule has 0 aliphatic rings. The summed E-state index contributed by atoms with van der Waals surface area (Å²) in [5.74, 6) is 1.88. The van der Waals surface area contributed by atoms with Gasteiger partial charge in [-0.1, -0.05) is 12.8 Å². The molecule has 0 saturated heterocycles. The van der Waals surface area contributed by atoms with Crippen LogP contribution in [-0.4, -0.2) is 21.3 Å². The summed E-state index contributed by atoms with van der Waals surface area (Å²) in [7, 11) is 0. The van der Waals surface area contributed by atoms with Crippen LogP contribution >= 0.6 is 0 Å². The van der Waals surface area contributed by atoms with E-state index < -0.39 is 0 Å². The first-order valence-electron chi connectivity index (χ1n) is 5.32. The SMILES string of the molecule is Cc1nc(C)n(CCCCCCN)n1. The third-order valence-corrected chi connectivity index (χ3v) is 2.29. The molecule has 4 heteroatoms. The lowest BCUT2D eigenvalue weighted by Gasteiger charge is -2.02. The number of hydrogen-bond donors (Lipinski definition) is 1. The minimum Gasteiger partial charge on any atom is -0.330 e. The fraction of sp³-hybridized carbons (Fsp3) is 0.800. The topological polar surface area (TPSA) is 56.7 Å². The molecule has 14 heavy (non-hydrogen) atoms. The summed E-state index contributed by atoms with van der Waals surface area (Å²) in [6.07, 6.45) is 4.76. The fourth-order valence-electron chi connectivity index (χ4n) is 1.53. The van der Waals surface area contributed by atoms with Gasteiger partial charge in [0, 0.05) is 6.54 Å². The van der Waals surface area contributed by atoms with Crippen LogP contribution in [0.25, 0.3) is 0 Å². The molecule has 1 heterocycles. The molecule has 0 radical (unpaired) electrons. The van der Waals surface area contributed by atoms with E-state index in [4.69, 9.17) is 5.73 Å². The molecule has 0 saturated carbocycles. The van der Waals surface area contributed by atoms with Gasteiger partial charge in [-0.3, -0.25) is 4.68 Å². The van der Waals surface area contributed by atoms with Gasteiger partial charge in [0.05, 0.1) is 0 Å². The van der Waals surface area contributed by atoms with Gasteiger partial charge in [-0.15, -0.1) is 0 Å². The van der Waals surface area contributed by atoms with Gasteiger partial charge < -0.3 is 5.73 Å². The van der Waals surface area contributed by atoms with Crippen LogP contribution in [0.15, 0.2) is 0 Å². The van der Waals surface area contributed by atoms with Crippen molar-refractivity contribution >= 4 is 0 Å². The highest BCUT2D eigenvalue weighted by Gasteiger charge is 2.00. The van der Waals surface area contributed by atoms with Crippen molar-refractivity contribution < 1.29 is 0 Å². The molecule has 80 valence electrons. The van der Waals surface area contributed by atoms with E-state index in [1.807, 2.05) is 18.5 Å². The molecule has 1 rings (SSSR count). The standard InChI is InChI=1S/C10H20N4/c1-9-12-10(2)14(13-9)8-6-4-3-5-7-11/h3-8,11H2,1-2H3. The van der Waals surface area contributed by atoms with Crippen molar-refractivity contribution in [2.75, 3.05) is 6.54 Å². The maximum Gasteiger partial charge on any atom is 0.147 e. The fourth-order valence-corrected chi connectivity index (χ4v) is 1.53. The van der Waals surface area contributed by atoms with Crippen LogP contribution in [0.5, 0.6) is 0 Å². The van der Waals surface area contributed by atoms with Crippen LogP contribution in [0.3, 0.4) is 0 Å². The van der Waals surface area contributed by atoms with Gasteiger partial charge in [-0.25, -0.2) is 4.98 Å². The van der Waals surface area contributed by atoms with E-state index in [0.717, 1.165) is 31.2 Å². The van der Waals surface area contributed by atoms with E-state index in [1.165, 1.54) is 19.3 Å². The van der Waals surface area contributed by atoms with Crippen molar-refractivity contribution in [3.63, 3.8) is 0 Å². The Hall–Kier alpha value is -0.900. The lowest BCUT2D eigenvalue weighted by atomic mass is 10.2. The first-order valence-corrected chi connectivity index (χ1v) is 5.32. The molecule has 0 aliphatic carbocycles. The van der Waals surface area contributed by atoms with Gasteiger partial charge in [0.25, 0.3) is 0 Å². The van der Waals surface area contributed by atoms with Crippen molar-refractivity contribution in [3.8, 4) is 0 Å². The summed E-state index contributed by atoms with van der Waals surface area (Å²) in [6.45, 7) is 5.72. The van der Waals surface area contributed by atoms with Gasteiger partial charge in [-0.05, 0) is 33.2 Å². The van der Waals surface area contributed by atoms with E-state index in [2.05, 4.69) is 10.1 Å². The molecule has 0 aromatic carbocycles. The smallest absolute Gasteiger partial charge is 0.147 e. The quantitative estimate of drug-likeness (QED) is 0.700. The van der Waals surface area contributed by atoms with Crippen LogP contribution in [-0.2, 0) is 6.54 Å². The predicted octanol–water partition coefficient (Wildman–Crippen LogP) is 1.41. The van der Waals surface area contributed by atoms with Crippen molar-refractivity contribution in [2.24, 2.45) is 5.73 Å². The van der Waals surface area contributed by atoms with Gasteiger partial charge in [0.1, 0.15) is 11.6 Å². The Morgan fingerprint density at radius 2 is 1.86 bits per heavy atom. The lowest BCUT2D eigenvalue weighted by Crippen LogP contribution is -2.03. The molecule has 0 fully saturated rings. The molecule has 0 atom stereocenters.